The Morgan fingerprint density at radius 3 is 0.946 bits per heavy atom. The molecule has 0 atom stereocenters. The monoisotopic (exact) mass is 1910 g/mol. The molecule has 9 nitrogen and oxygen atoms in total. The maximum atomic E-state index is 8.83. The van der Waals surface area contributed by atoms with E-state index >= 15 is 0 Å². The first-order valence-corrected chi connectivity index (χ1v) is 50.4. The van der Waals surface area contributed by atoms with Gasteiger partial charge >= 0.3 is 0 Å². The molecule has 0 aliphatic heterocycles. The molecule has 26 aromatic rings. The predicted octanol–water partition coefficient (Wildman–Crippen LogP) is 36.5. The Morgan fingerprint density at radius 2 is 0.456 bits per heavy atom. The second kappa shape index (κ2) is 40.3. The summed E-state index contributed by atoms with van der Waals surface area (Å²) in [4.78, 5) is 45.5. The second-order valence-electron chi connectivity index (χ2n) is 38.1. The first kappa shape index (κ1) is 86.6. The SMILES string of the molecule is Cc1cc(-c2c(C)ccc3ccccc23)ccc1-c1nc(-c2ccccc2)nc(-c2cc3ccccc3c3ccccc23)n1.Cc1cc(C)cc(-c2cccc(-c3nc(-c4ccc(-c5ccc(-c6ccccc6)cc5)cc4)nc(-c4cccc5c4ccc4ccccc45)n3)c2)c1.[2H]c1c([2H])c([2H])c(-c2nc(-c3ccc(-c4c(C)c(-c5ccccc5)c(C)c(-c5ccccc5)c4C)cc3)nc(-c3cc4ccccc4c4ccccc34)n2)c([2H])c1[2H]. The molecule has 9 heteroatoms. The molecule has 0 aliphatic rings. The van der Waals surface area contributed by atoms with Crippen molar-refractivity contribution in [2.24, 2.45) is 0 Å². The van der Waals surface area contributed by atoms with E-state index in [0.717, 1.165) is 121 Å². The van der Waals surface area contributed by atoms with Crippen LogP contribution in [0.25, 0.3) is 256 Å². The number of benzene rings is 23. The third-order valence-corrected chi connectivity index (χ3v) is 28.6. The van der Waals surface area contributed by atoms with E-state index < -0.39 is 18.1 Å². The van der Waals surface area contributed by atoms with Gasteiger partial charge in [-0.25, -0.2) is 44.9 Å². The van der Waals surface area contributed by atoms with Crippen LogP contribution in [0.3, 0.4) is 0 Å². The molecular formula is C140H101N9. The van der Waals surface area contributed by atoms with Crippen molar-refractivity contribution in [2.45, 2.75) is 48.5 Å². The van der Waals surface area contributed by atoms with Gasteiger partial charge < -0.3 is 0 Å². The molecule has 0 bridgehead atoms. The summed E-state index contributed by atoms with van der Waals surface area (Å²) in [5.74, 6) is 4.60. The lowest BCUT2D eigenvalue weighted by Crippen LogP contribution is -2.02. The van der Waals surface area contributed by atoms with Crippen molar-refractivity contribution in [3.8, 4) is 180 Å². The molecule has 3 aromatic heterocycles. The minimum absolute atomic E-state index is 0.00328. The van der Waals surface area contributed by atoms with Crippen LogP contribution in [-0.4, -0.2) is 44.9 Å². The van der Waals surface area contributed by atoms with Gasteiger partial charge in [-0.3, -0.25) is 0 Å². The fourth-order valence-corrected chi connectivity index (χ4v) is 21.5. The highest BCUT2D eigenvalue weighted by Crippen LogP contribution is 2.47. The summed E-state index contributed by atoms with van der Waals surface area (Å²) in [5.41, 5.74) is 32.0. The number of hydrogen-bond acceptors (Lipinski definition) is 9. The van der Waals surface area contributed by atoms with Crippen LogP contribution in [0.5, 0.6) is 0 Å². The van der Waals surface area contributed by atoms with E-state index in [0.29, 0.717) is 52.2 Å². The van der Waals surface area contributed by atoms with Gasteiger partial charge in [0, 0.05) is 50.1 Å². The Morgan fingerprint density at radius 1 is 0.148 bits per heavy atom. The molecule has 149 heavy (non-hydrogen) atoms. The number of aromatic nitrogens is 9. The Bertz CT molecular complexity index is 9850. The van der Waals surface area contributed by atoms with E-state index in [1.54, 1.807) is 0 Å². The highest BCUT2D eigenvalue weighted by Gasteiger charge is 2.26. The predicted molar refractivity (Wildman–Crippen MR) is 622 cm³/mol. The standard InChI is InChI=1S/C50H37N3.C49H35N3.C41H29N3/c1-32-45(35-17-7-4-8-18-35)33(2)47(34(3)46(32)36-19-9-5-10-20-36)37-27-29-39(30-28-37)49-51-48(38-21-11-6-12-22-38)52-50(53-49)44-31-40-23-13-14-24-41(40)42-25-15-16-26-43(42)44;1-32-28-33(2)30-42(29-32)40-13-8-14-41(31-40)48-50-47(39-24-22-37(23-25-39)36-20-18-35(19-21-36)34-10-4-3-5-11-34)51-49(52-48)46-17-9-16-44-43-15-7-6-12-38(43)26-27-45(44)46;1-26-20-21-28-12-6-9-17-34(28)38(26)31-22-23-32(27(2)24-31)40-42-39(29-13-4-3-5-14-29)43-41(44-40)37-25-30-15-7-8-16-33(30)35-18-10-11-19-36(35)37/h4-31H,1-3H3;3-31H,1-2H3;3-25H,1-2H3/i6D,11D,12D,21D,22D;;. The van der Waals surface area contributed by atoms with Crippen molar-refractivity contribution < 1.29 is 6.85 Å². The maximum Gasteiger partial charge on any atom is 0.164 e. The van der Waals surface area contributed by atoms with Gasteiger partial charge in [-0.05, 0) is 248 Å². The van der Waals surface area contributed by atoms with Crippen LogP contribution in [0, 0.1) is 48.5 Å². The van der Waals surface area contributed by atoms with Crippen molar-refractivity contribution in [1.82, 2.24) is 44.9 Å². The first-order valence-electron chi connectivity index (χ1n) is 52.9. The van der Waals surface area contributed by atoms with Crippen molar-refractivity contribution in [2.75, 3.05) is 0 Å². The molecule has 3 heterocycles. The Labute approximate surface area is 874 Å². The van der Waals surface area contributed by atoms with Gasteiger partial charge in [-0.1, -0.05) is 478 Å². The summed E-state index contributed by atoms with van der Waals surface area (Å²) >= 11 is 0. The molecule has 0 radical (unpaired) electrons. The van der Waals surface area contributed by atoms with Crippen LogP contribution >= 0.6 is 0 Å². The summed E-state index contributed by atoms with van der Waals surface area (Å²) in [7, 11) is 0. The van der Waals surface area contributed by atoms with Crippen LogP contribution in [0.4, 0.5) is 0 Å². The molecule has 0 unspecified atom stereocenters. The van der Waals surface area contributed by atoms with E-state index in [1.807, 2.05) is 91.0 Å². The van der Waals surface area contributed by atoms with E-state index in [9.17, 15) is 0 Å². The third kappa shape index (κ3) is 18.4. The zero-order chi connectivity index (χ0) is 105. The van der Waals surface area contributed by atoms with Gasteiger partial charge in [0.15, 0.2) is 52.4 Å². The van der Waals surface area contributed by atoms with E-state index in [2.05, 4.69) is 412 Å². The minimum atomic E-state index is -0.475. The summed E-state index contributed by atoms with van der Waals surface area (Å²) < 4.78 is 42.7. The summed E-state index contributed by atoms with van der Waals surface area (Å²) in [5, 5.41) is 16.0. The average molecular weight is 1910 g/mol. The number of nitrogens with zero attached hydrogens (tertiary/aromatic N) is 9. The lowest BCUT2D eigenvalue weighted by molar-refractivity contribution is 1.07. The molecule has 0 amide bonds. The van der Waals surface area contributed by atoms with Crippen LogP contribution < -0.4 is 0 Å². The fourth-order valence-electron chi connectivity index (χ4n) is 21.5. The van der Waals surface area contributed by atoms with Gasteiger partial charge in [0.05, 0.1) is 6.85 Å². The van der Waals surface area contributed by atoms with Crippen molar-refractivity contribution in [3.05, 3.63) is 524 Å². The molecule has 0 saturated carbocycles. The van der Waals surface area contributed by atoms with Crippen LogP contribution in [0.1, 0.15) is 45.8 Å². The number of fused-ring (bicyclic) bond motifs is 10. The van der Waals surface area contributed by atoms with Gasteiger partial charge in [0.2, 0.25) is 0 Å². The molecule has 0 saturated heterocycles. The van der Waals surface area contributed by atoms with Gasteiger partial charge in [-0.15, -0.1) is 0 Å². The molecule has 706 valence electrons. The average Bonchev–Trinajstić information content (AvgIpc) is 0.740. The quantitative estimate of drug-likeness (QED) is 0.0872. The van der Waals surface area contributed by atoms with Crippen molar-refractivity contribution in [3.63, 3.8) is 0 Å². The summed E-state index contributed by atoms with van der Waals surface area (Å²) in [6.45, 7) is 15.2. The largest absolute Gasteiger partial charge is 0.208 e. The molecule has 0 spiro atoms. The molecular weight excluding hydrogens is 1810 g/mol. The smallest absolute Gasteiger partial charge is 0.164 e. The summed E-state index contributed by atoms with van der Waals surface area (Å²) in [6, 6.07) is 157. The van der Waals surface area contributed by atoms with Gasteiger partial charge in [-0.2, -0.15) is 0 Å². The van der Waals surface area contributed by atoms with Crippen LogP contribution in [0.15, 0.2) is 485 Å². The molecule has 23 aromatic carbocycles. The molecule has 0 N–H and O–H groups in total. The van der Waals surface area contributed by atoms with Gasteiger partial charge in [0.25, 0.3) is 0 Å². The van der Waals surface area contributed by atoms with Gasteiger partial charge in [0.1, 0.15) is 0 Å². The van der Waals surface area contributed by atoms with Crippen molar-refractivity contribution in [1.29, 1.82) is 0 Å². The van der Waals surface area contributed by atoms with Crippen LogP contribution in [0.2, 0.25) is 0 Å². The molecule has 0 aliphatic carbocycles. The lowest BCUT2D eigenvalue weighted by atomic mass is 9.81. The van der Waals surface area contributed by atoms with Crippen LogP contribution in [-0.2, 0) is 0 Å². The maximum absolute atomic E-state index is 8.83. The number of aryl methyl sites for hydroxylation is 4. The molecule has 0 fully saturated rings. The summed E-state index contributed by atoms with van der Waals surface area (Å²) in [6.07, 6.45) is 0. The zero-order valence-electron chi connectivity index (χ0n) is 88.3. The van der Waals surface area contributed by atoms with Crippen molar-refractivity contribution >= 4 is 75.4 Å². The Kier molecular flexibility index (Phi) is 23.4. The third-order valence-electron chi connectivity index (χ3n) is 28.6. The second-order valence-corrected chi connectivity index (χ2v) is 38.1. The fraction of sp³-hybridized carbons (Fsp3) is 0.0500. The highest BCUT2D eigenvalue weighted by molar-refractivity contribution is 6.16. The van der Waals surface area contributed by atoms with E-state index in [-0.39, 0.29) is 23.5 Å². The van der Waals surface area contributed by atoms with E-state index in [1.165, 1.54) is 110 Å². The normalized spacial score (nSPS) is 11.8. The number of hydrogen-bond donors (Lipinski definition) is 0. The number of rotatable bonds is 16. The Balaban J connectivity index is 0.000000123. The highest BCUT2D eigenvalue weighted by atomic mass is 15.1. The van der Waals surface area contributed by atoms with E-state index in [4.69, 9.17) is 51.7 Å². The Hall–Kier alpha value is -19.1. The lowest BCUT2D eigenvalue weighted by Gasteiger charge is -2.23. The molecule has 26 rings (SSSR count). The minimum Gasteiger partial charge on any atom is -0.208 e. The first-order chi connectivity index (χ1) is 75.3. The zero-order valence-corrected chi connectivity index (χ0v) is 83.3. The topological polar surface area (TPSA) is 116 Å².